The molecule has 0 aromatic heterocycles. The summed E-state index contributed by atoms with van der Waals surface area (Å²) < 4.78 is 16.3. The number of hydrogen-bond acceptors (Lipinski definition) is 5. The summed E-state index contributed by atoms with van der Waals surface area (Å²) in [6.07, 6.45) is 0. The quantitative estimate of drug-likeness (QED) is 0.334. The van der Waals surface area contributed by atoms with Gasteiger partial charge in [-0.2, -0.15) is 0 Å². The summed E-state index contributed by atoms with van der Waals surface area (Å²) in [5, 5.41) is 0. The van der Waals surface area contributed by atoms with Gasteiger partial charge in [0.15, 0.2) is 11.5 Å². The molecule has 0 N–H and O–H groups in total. The van der Waals surface area contributed by atoms with Gasteiger partial charge in [-0.3, -0.25) is 0 Å². The Labute approximate surface area is 178 Å². The van der Waals surface area contributed by atoms with Crippen molar-refractivity contribution < 1.29 is 23.8 Å². The summed E-state index contributed by atoms with van der Waals surface area (Å²) in [7, 11) is 0. The largest absolute Gasteiger partial charge is 0.490 e. The SMILES string of the molecule is C=C(C)C(=O)Oc1ccc(C(C)(C)c2ccc(OC(=O)C(=C)C)c(OCC)c2)cc1. The van der Waals surface area contributed by atoms with Crippen molar-refractivity contribution in [2.45, 2.75) is 40.0 Å². The Morgan fingerprint density at radius 2 is 1.37 bits per heavy atom. The standard InChI is InChI=1S/C25H28O5/c1-8-28-22-15-19(11-14-21(22)30-24(27)17(4)5)25(6,7)18-9-12-20(13-10-18)29-23(26)16(2)3/h9-15H,2,4,8H2,1,3,5-7H3. The lowest BCUT2D eigenvalue weighted by atomic mass is 9.78. The molecule has 0 spiro atoms. The van der Waals surface area contributed by atoms with E-state index >= 15 is 0 Å². The third kappa shape index (κ3) is 5.38. The van der Waals surface area contributed by atoms with Crippen LogP contribution < -0.4 is 14.2 Å². The molecule has 2 aromatic rings. The zero-order valence-electron chi connectivity index (χ0n) is 18.2. The van der Waals surface area contributed by atoms with Gasteiger partial charge >= 0.3 is 11.9 Å². The van der Waals surface area contributed by atoms with Gasteiger partial charge < -0.3 is 14.2 Å². The maximum absolute atomic E-state index is 11.9. The lowest BCUT2D eigenvalue weighted by Gasteiger charge is -2.27. The minimum atomic E-state index is -0.497. The molecule has 0 radical (unpaired) electrons. The van der Waals surface area contributed by atoms with Gasteiger partial charge in [-0.1, -0.05) is 45.2 Å². The van der Waals surface area contributed by atoms with Gasteiger partial charge in [0.2, 0.25) is 0 Å². The Balaban J connectivity index is 2.33. The van der Waals surface area contributed by atoms with E-state index in [1.54, 1.807) is 32.0 Å². The summed E-state index contributed by atoms with van der Waals surface area (Å²) in [6, 6.07) is 12.8. The van der Waals surface area contributed by atoms with Crippen molar-refractivity contribution in [1.82, 2.24) is 0 Å². The van der Waals surface area contributed by atoms with Gasteiger partial charge in [-0.05, 0) is 56.2 Å². The minimum absolute atomic E-state index is 0.314. The zero-order valence-corrected chi connectivity index (χ0v) is 18.2. The number of carbonyl (C=O) groups excluding carboxylic acids is 2. The van der Waals surface area contributed by atoms with Crippen molar-refractivity contribution in [3.05, 3.63) is 77.9 Å². The minimum Gasteiger partial charge on any atom is -0.490 e. The first kappa shape index (κ1) is 22.9. The Morgan fingerprint density at radius 1 is 0.833 bits per heavy atom. The average Bonchev–Trinajstić information content (AvgIpc) is 2.69. The van der Waals surface area contributed by atoms with Crippen LogP contribution in [0.25, 0.3) is 0 Å². The highest BCUT2D eigenvalue weighted by atomic mass is 16.6. The molecule has 0 heterocycles. The Morgan fingerprint density at radius 3 is 1.90 bits per heavy atom. The van der Waals surface area contributed by atoms with Crippen molar-refractivity contribution >= 4 is 11.9 Å². The van der Waals surface area contributed by atoms with Crippen molar-refractivity contribution in [1.29, 1.82) is 0 Å². The highest BCUT2D eigenvalue weighted by Gasteiger charge is 2.25. The van der Waals surface area contributed by atoms with Gasteiger partial charge in [-0.25, -0.2) is 9.59 Å². The van der Waals surface area contributed by atoms with Crippen LogP contribution >= 0.6 is 0 Å². The molecule has 0 atom stereocenters. The van der Waals surface area contributed by atoms with Crippen LogP contribution in [0.4, 0.5) is 0 Å². The number of rotatable bonds is 8. The van der Waals surface area contributed by atoms with Crippen molar-refractivity contribution in [3.8, 4) is 17.2 Å². The van der Waals surface area contributed by atoms with Crippen molar-refractivity contribution in [3.63, 3.8) is 0 Å². The molecule has 158 valence electrons. The molecule has 5 nitrogen and oxygen atoms in total. The van der Waals surface area contributed by atoms with E-state index in [9.17, 15) is 9.59 Å². The molecular weight excluding hydrogens is 380 g/mol. The van der Waals surface area contributed by atoms with Crippen LogP contribution in [0.15, 0.2) is 66.8 Å². The summed E-state index contributed by atoms with van der Waals surface area (Å²) >= 11 is 0. The lowest BCUT2D eigenvalue weighted by Crippen LogP contribution is -2.19. The van der Waals surface area contributed by atoms with Gasteiger partial charge in [0.05, 0.1) is 6.61 Å². The van der Waals surface area contributed by atoms with Crippen LogP contribution in [0.2, 0.25) is 0 Å². The second-order valence-electron chi connectivity index (χ2n) is 7.58. The highest BCUT2D eigenvalue weighted by Crippen LogP contribution is 2.38. The molecule has 0 saturated carbocycles. The van der Waals surface area contributed by atoms with E-state index in [4.69, 9.17) is 14.2 Å². The van der Waals surface area contributed by atoms with Crippen LogP contribution in [-0.2, 0) is 15.0 Å². The van der Waals surface area contributed by atoms with E-state index in [0.29, 0.717) is 35.0 Å². The molecule has 30 heavy (non-hydrogen) atoms. The van der Waals surface area contributed by atoms with Crippen LogP contribution in [0.1, 0.15) is 45.7 Å². The molecule has 5 heteroatoms. The van der Waals surface area contributed by atoms with Crippen LogP contribution in [0, 0.1) is 0 Å². The number of carbonyl (C=O) groups is 2. The predicted molar refractivity (Wildman–Crippen MR) is 117 cm³/mol. The molecule has 0 aliphatic heterocycles. The molecule has 0 amide bonds. The van der Waals surface area contributed by atoms with E-state index in [0.717, 1.165) is 11.1 Å². The molecule has 0 bridgehead atoms. The van der Waals surface area contributed by atoms with E-state index in [1.807, 2.05) is 31.2 Å². The number of benzene rings is 2. The Bertz CT molecular complexity index is 968. The fraction of sp³-hybridized carbons (Fsp3) is 0.280. The number of ether oxygens (including phenoxy) is 3. The third-order valence-electron chi connectivity index (χ3n) is 4.65. The topological polar surface area (TPSA) is 61.8 Å². The number of esters is 2. The fourth-order valence-electron chi connectivity index (χ4n) is 2.74. The van der Waals surface area contributed by atoms with Crippen molar-refractivity contribution in [2.24, 2.45) is 0 Å². The smallest absolute Gasteiger partial charge is 0.338 e. The molecule has 0 aliphatic rings. The average molecular weight is 408 g/mol. The van der Waals surface area contributed by atoms with Gasteiger partial charge in [0.1, 0.15) is 5.75 Å². The predicted octanol–water partition coefficient (Wildman–Crippen LogP) is 5.37. The van der Waals surface area contributed by atoms with Gasteiger partial charge in [0.25, 0.3) is 0 Å². The first-order valence-electron chi connectivity index (χ1n) is 9.69. The summed E-state index contributed by atoms with van der Waals surface area (Å²) in [5.41, 5.74) is 2.28. The van der Waals surface area contributed by atoms with Crippen LogP contribution in [0.5, 0.6) is 17.2 Å². The number of hydrogen-bond donors (Lipinski definition) is 0. The Kier molecular flexibility index (Phi) is 7.22. The second kappa shape index (κ2) is 9.44. The molecule has 2 rings (SSSR count). The van der Waals surface area contributed by atoms with E-state index in [2.05, 4.69) is 27.0 Å². The first-order valence-corrected chi connectivity index (χ1v) is 9.69. The molecule has 0 unspecified atom stereocenters. The first-order chi connectivity index (χ1) is 14.1. The lowest BCUT2D eigenvalue weighted by molar-refractivity contribution is -0.131. The van der Waals surface area contributed by atoms with Gasteiger partial charge in [-0.15, -0.1) is 0 Å². The van der Waals surface area contributed by atoms with E-state index in [-0.39, 0.29) is 5.41 Å². The zero-order chi connectivity index (χ0) is 22.5. The molecule has 2 aromatic carbocycles. The fourth-order valence-corrected chi connectivity index (χ4v) is 2.74. The van der Waals surface area contributed by atoms with Crippen molar-refractivity contribution in [2.75, 3.05) is 6.61 Å². The summed E-state index contributed by atoms with van der Waals surface area (Å²) in [6.45, 7) is 16.8. The Hall–Kier alpha value is -3.34. The molecular formula is C25H28O5. The third-order valence-corrected chi connectivity index (χ3v) is 4.65. The molecule has 0 saturated heterocycles. The van der Waals surface area contributed by atoms with Gasteiger partial charge in [0, 0.05) is 16.6 Å². The normalized spacial score (nSPS) is 10.8. The van der Waals surface area contributed by atoms with E-state index in [1.165, 1.54) is 0 Å². The summed E-state index contributed by atoms with van der Waals surface area (Å²) in [5.74, 6) is 0.349. The maximum Gasteiger partial charge on any atom is 0.338 e. The van der Waals surface area contributed by atoms with E-state index < -0.39 is 11.9 Å². The molecule has 0 fully saturated rings. The highest BCUT2D eigenvalue weighted by molar-refractivity contribution is 5.89. The maximum atomic E-state index is 11.9. The summed E-state index contributed by atoms with van der Waals surface area (Å²) in [4.78, 5) is 23.6. The molecule has 0 aliphatic carbocycles. The monoisotopic (exact) mass is 408 g/mol. The van der Waals surface area contributed by atoms with Crippen LogP contribution in [0.3, 0.4) is 0 Å². The second-order valence-corrected chi connectivity index (χ2v) is 7.58. The van der Waals surface area contributed by atoms with Crippen LogP contribution in [-0.4, -0.2) is 18.5 Å².